The molecule has 0 spiro atoms. The molecule has 114 valence electrons. The van der Waals surface area contributed by atoms with E-state index in [2.05, 4.69) is 26.6 Å². The molecule has 0 unspecified atom stereocenters. The summed E-state index contributed by atoms with van der Waals surface area (Å²) in [6.45, 7) is 4.89. The number of nitrogens with zero attached hydrogens (tertiary/aromatic N) is 3. The fraction of sp³-hybridized carbons (Fsp3) is 0.353. The van der Waals surface area contributed by atoms with Crippen molar-refractivity contribution < 1.29 is 4.74 Å². The van der Waals surface area contributed by atoms with E-state index in [4.69, 9.17) is 4.74 Å². The number of hydrogen-bond donors (Lipinski definition) is 0. The summed E-state index contributed by atoms with van der Waals surface area (Å²) < 4.78 is 5.31. The molecule has 0 atom stereocenters. The predicted molar refractivity (Wildman–Crippen MR) is 90.6 cm³/mol. The molecule has 0 amide bonds. The third-order valence-corrected chi connectivity index (χ3v) is 4.53. The maximum Gasteiger partial charge on any atom is 0.185 e. The minimum absolute atomic E-state index is 0.795. The van der Waals surface area contributed by atoms with Gasteiger partial charge in [-0.15, -0.1) is 11.3 Å². The zero-order chi connectivity index (χ0) is 15.2. The number of hydrogen-bond acceptors (Lipinski definition) is 5. The van der Waals surface area contributed by atoms with Crippen molar-refractivity contribution in [1.29, 1.82) is 0 Å². The van der Waals surface area contributed by atoms with E-state index in [0.29, 0.717) is 0 Å². The van der Waals surface area contributed by atoms with Crippen LogP contribution in [0, 0.1) is 11.8 Å². The van der Waals surface area contributed by atoms with Crippen LogP contribution in [0.5, 0.6) is 5.75 Å². The van der Waals surface area contributed by atoms with Crippen LogP contribution in [0.1, 0.15) is 5.56 Å². The Balaban J connectivity index is 1.53. The van der Waals surface area contributed by atoms with E-state index >= 15 is 0 Å². The number of benzene rings is 1. The smallest absolute Gasteiger partial charge is 0.185 e. The van der Waals surface area contributed by atoms with Gasteiger partial charge in [0.1, 0.15) is 5.75 Å². The molecular formula is C17H19N3OS. The molecular weight excluding hydrogens is 294 g/mol. The van der Waals surface area contributed by atoms with Crippen molar-refractivity contribution in [2.24, 2.45) is 0 Å². The molecule has 1 saturated heterocycles. The number of thiazole rings is 1. The Hall–Kier alpha value is -2.03. The van der Waals surface area contributed by atoms with Crippen LogP contribution in [-0.2, 0) is 0 Å². The Morgan fingerprint density at radius 3 is 2.77 bits per heavy atom. The lowest BCUT2D eigenvalue weighted by atomic mass is 10.2. The van der Waals surface area contributed by atoms with E-state index in [1.54, 1.807) is 18.4 Å². The van der Waals surface area contributed by atoms with E-state index in [9.17, 15) is 0 Å². The first-order valence-electron chi connectivity index (χ1n) is 7.35. The van der Waals surface area contributed by atoms with Crippen LogP contribution < -0.4 is 9.64 Å². The first-order chi connectivity index (χ1) is 10.9. The van der Waals surface area contributed by atoms with Crippen LogP contribution in [0.3, 0.4) is 0 Å². The van der Waals surface area contributed by atoms with Crippen LogP contribution in [0.4, 0.5) is 5.13 Å². The molecule has 2 aromatic rings. The average Bonchev–Trinajstić information content (AvgIpc) is 3.10. The van der Waals surface area contributed by atoms with Gasteiger partial charge in [0, 0.05) is 37.8 Å². The molecule has 1 aliphatic rings. The fourth-order valence-electron chi connectivity index (χ4n) is 2.46. The van der Waals surface area contributed by atoms with Crippen LogP contribution in [0.15, 0.2) is 35.8 Å². The van der Waals surface area contributed by atoms with Crippen molar-refractivity contribution in [2.75, 3.05) is 44.7 Å². The molecule has 0 N–H and O–H groups in total. The van der Waals surface area contributed by atoms with E-state index < -0.39 is 0 Å². The lowest BCUT2D eigenvalue weighted by Gasteiger charge is -2.33. The van der Waals surface area contributed by atoms with Crippen molar-refractivity contribution in [2.45, 2.75) is 0 Å². The largest absolute Gasteiger partial charge is 0.495 e. The average molecular weight is 313 g/mol. The molecule has 1 aliphatic heterocycles. The van der Waals surface area contributed by atoms with E-state index in [1.165, 1.54) is 0 Å². The minimum Gasteiger partial charge on any atom is -0.495 e. The highest BCUT2D eigenvalue weighted by atomic mass is 32.1. The molecule has 3 rings (SSSR count). The number of ether oxygens (including phenoxy) is 1. The summed E-state index contributed by atoms with van der Waals surface area (Å²) >= 11 is 1.70. The monoisotopic (exact) mass is 313 g/mol. The summed E-state index contributed by atoms with van der Waals surface area (Å²) in [5, 5.41) is 3.15. The quantitative estimate of drug-likeness (QED) is 0.813. The summed E-state index contributed by atoms with van der Waals surface area (Å²) in [6.07, 6.45) is 1.87. The number of methoxy groups -OCH3 is 1. The van der Waals surface area contributed by atoms with Crippen molar-refractivity contribution in [3.05, 3.63) is 41.4 Å². The standard InChI is InChI=1S/C17H19N3OS/c1-21-16-7-3-2-5-15(16)6-4-9-19-10-12-20(13-11-19)17-18-8-14-22-17/h2-3,5,7-8,14H,9-13H2,1H3. The Morgan fingerprint density at radius 2 is 2.05 bits per heavy atom. The van der Waals surface area contributed by atoms with Crippen molar-refractivity contribution in [3.8, 4) is 17.6 Å². The molecule has 0 saturated carbocycles. The summed E-state index contributed by atoms with van der Waals surface area (Å²) in [5.41, 5.74) is 0.950. The van der Waals surface area contributed by atoms with Crippen LogP contribution in [0.2, 0.25) is 0 Å². The minimum atomic E-state index is 0.795. The summed E-state index contributed by atoms with van der Waals surface area (Å²) in [4.78, 5) is 9.09. The summed E-state index contributed by atoms with van der Waals surface area (Å²) in [7, 11) is 1.68. The Bertz CT molecular complexity index is 652. The third-order valence-electron chi connectivity index (χ3n) is 3.69. The van der Waals surface area contributed by atoms with Gasteiger partial charge < -0.3 is 9.64 Å². The van der Waals surface area contributed by atoms with E-state index in [-0.39, 0.29) is 0 Å². The summed E-state index contributed by atoms with van der Waals surface area (Å²) in [5.74, 6) is 7.31. The summed E-state index contributed by atoms with van der Waals surface area (Å²) in [6, 6.07) is 7.88. The number of anilines is 1. The molecule has 5 heteroatoms. The predicted octanol–water partition coefficient (Wildman–Crippen LogP) is 2.33. The number of rotatable bonds is 3. The molecule has 2 heterocycles. The molecule has 4 nitrogen and oxygen atoms in total. The van der Waals surface area contributed by atoms with Crippen LogP contribution >= 0.6 is 11.3 Å². The fourth-order valence-corrected chi connectivity index (χ4v) is 3.16. The maximum absolute atomic E-state index is 5.31. The van der Waals surface area contributed by atoms with E-state index in [0.717, 1.165) is 49.2 Å². The van der Waals surface area contributed by atoms with Crippen molar-refractivity contribution in [3.63, 3.8) is 0 Å². The maximum atomic E-state index is 5.31. The molecule has 1 fully saturated rings. The SMILES string of the molecule is COc1ccccc1C#CCN1CCN(c2nccs2)CC1. The number of piperazine rings is 1. The normalized spacial score (nSPS) is 15.2. The van der Waals surface area contributed by atoms with Gasteiger partial charge in [-0.3, -0.25) is 4.90 Å². The van der Waals surface area contributed by atoms with Gasteiger partial charge in [-0.05, 0) is 12.1 Å². The van der Waals surface area contributed by atoms with Gasteiger partial charge in [0.25, 0.3) is 0 Å². The van der Waals surface area contributed by atoms with Gasteiger partial charge in [0.2, 0.25) is 0 Å². The Kier molecular flexibility index (Phi) is 4.94. The van der Waals surface area contributed by atoms with Gasteiger partial charge in [0.15, 0.2) is 5.13 Å². The molecule has 0 radical (unpaired) electrons. The first-order valence-corrected chi connectivity index (χ1v) is 8.23. The van der Waals surface area contributed by atoms with Crippen LogP contribution in [-0.4, -0.2) is 49.7 Å². The van der Waals surface area contributed by atoms with Gasteiger partial charge in [-0.1, -0.05) is 24.0 Å². The second kappa shape index (κ2) is 7.30. The zero-order valence-corrected chi connectivity index (χ0v) is 13.5. The molecule has 22 heavy (non-hydrogen) atoms. The van der Waals surface area contributed by atoms with Gasteiger partial charge in [0.05, 0.1) is 19.2 Å². The van der Waals surface area contributed by atoms with Gasteiger partial charge >= 0.3 is 0 Å². The molecule has 1 aromatic heterocycles. The highest BCUT2D eigenvalue weighted by Gasteiger charge is 2.17. The lowest BCUT2D eigenvalue weighted by Crippen LogP contribution is -2.46. The first kappa shape index (κ1) is 14.9. The van der Waals surface area contributed by atoms with Crippen molar-refractivity contribution >= 4 is 16.5 Å². The molecule has 1 aromatic carbocycles. The molecule has 0 bridgehead atoms. The number of para-hydroxylation sites is 1. The Labute approximate surface area is 135 Å². The highest BCUT2D eigenvalue weighted by molar-refractivity contribution is 7.13. The zero-order valence-electron chi connectivity index (χ0n) is 12.7. The number of aromatic nitrogens is 1. The Morgan fingerprint density at radius 1 is 1.23 bits per heavy atom. The third kappa shape index (κ3) is 3.59. The van der Waals surface area contributed by atoms with Gasteiger partial charge in [-0.2, -0.15) is 0 Å². The van der Waals surface area contributed by atoms with E-state index in [1.807, 2.05) is 35.8 Å². The van der Waals surface area contributed by atoms with Crippen molar-refractivity contribution in [1.82, 2.24) is 9.88 Å². The molecule has 0 aliphatic carbocycles. The second-order valence-corrected chi connectivity index (χ2v) is 5.95. The second-order valence-electron chi connectivity index (χ2n) is 5.08. The van der Waals surface area contributed by atoms with Gasteiger partial charge in [-0.25, -0.2) is 4.98 Å². The van der Waals surface area contributed by atoms with Crippen LogP contribution in [0.25, 0.3) is 0 Å². The topological polar surface area (TPSA) is 28.6 Å². The lowest BCUT2D eigenvalue weighted by molar-refractivity contribution is 0.288. The highest BCUT2D eigenvalue weighted by Crippen LogP contribution is 2.19.